The molecule has 0 saturated heterocycles. The fourth-order valence-electron chi connectivity index (χ4n) is 2.08. The van der Waals surface area contributed by atoms with Crippen molar-refractivity contribution < 1.29 is 4.92 Å². The summed E-state index contributed by atoms with van der Waals surface area (Å²) in [5, 5.41) is 18.6. The molecule has 2 rings (SSSR count). The van der Waals surface area contributed by atoms with E-state index in [-0.39, 0.29) is 15.7 Å². The Morgan fingerprint density at radius 1 is 1.33 bits per heavy atom. The molecule has 0 spiro atoms. The molecule has 1 heterocycles. The van der Waals surface area contributed by atoms with Crippen LogP contribution in [-0.2, 0) is 13.6 Å². The van der Waals surface area contributed by atoms with Crippen LogP contribution in [0.1, 0.15) is 17.0 Å². The zero-order valence-corrected chi connectivity index (χ0v) is 13.3. The van der Waals surface area contributed by atoms with Crippen molar-refractivity contribution in [3.63, 3.8) is 0 Å². The van der Waals surface area contributed by atoms with Crippen molar-refractivity contribution in [3.8, 4) is 0 Å². The van der Waals surface area contributed by atoms with Crippen molar-refractivity contribution >= 4 is 34.6 Å². The lowest BCUT2D eigenvalue weighted by Crippen LogP contribution is -2.04. The highest BCUT2D eigenvalue weighted by Gasteiger charge is 2.16. The van der Waals surface area contributed by atoms with Crippen LogP contribution in [0.15, 0.2) is 12.1 Å². The van der Waals surface area contributed by atoms with Crippen molar-refractivity contribution in [2.45, 2.75) is 20.4 Å². The van der Waals surface area contributed by atoms with Crippen molar-refractivity contribution in [1.82, 2.24) is 9.78 Å². The standard InChI is InChI=1S/C13H14Cl2N4O2/c1-7-10(8(2)18(3)17-7)6-16-13-11(14)4-9(19(20)21)5-12(13)15/h4-5,16H,6H2,1-3H3. The molecule has 2 aromatic rings. The molecule has 0 amide bonds. The number of benzene rings is 1. The zero-order chi connectivity index (χ0) is 15.7. The molecule has 0 unspecified atom stereocenters. The van der Waals surface area contributed by atoms with Gasteiger partial charge < -0.3 is 5.32 Å². The summed E-state index contributed by atoms with van der Waals surface area (Å²) in [6, 6.07) is 2.55. The monoisotopic (exact) mass is 328 g/mol. The molecule has 0 aliphatic rings. The van der Waals surface area contributed by atoms with Crippen LogP contribution >= 0.6 is 23.2 Å². The molecular formula is C13H14Cl2N4O2. The number of anilines is 1. The number of nitrogens with zero attached hydrogens (tertiary/aromatic N) is 3. The Labute approximate surface area is 131 Å². The van der Waals surface area contributed by atoms with E-state index in [1.807, 2.05) is 20.9 Å². The lowest BCUT2D eigenvalue weighted by atomic mass is 10.2. The van der Waals surface area contributed by atoms with E-state index in [4.69, 9.17) is 23.2 Å². The highest BCUT2D eigenvalue weighted by atomic mass is 35.5. The van der Waals surface area contributed by atoms with Gasteiger partial charge in [-0.3, -0.25) is 14.8 Å². The molecule has 0 fully saturated rings. The van der Waals surface area contributed by atoms with Crippen LogP contribution in [0.3, 0.4) is 0 Å². The maximum atomic E-state index is 10.7. The van der Waals surface area contributed by atoms with Crippen LogP contribution in [-0.4, -0.2) is 14.7 Å². The van der Waals surface area contributed by atoms with E-state index in [9.17, 15) is 10.1 Å². The first-order valence-electron chi connectivity index (χ1n) is 6.17. The molecule has 0 bridgehead atoms. The highest BCUT2D eigenvalue weighted by molar-refractivity contribution is 6.39. The van der Waals surface area contributed by atoms with Gasteiger partial charge in [-0.15, -0.1) is 0 Å². The average Bonchev–Trinajstić information content (AvgIpc) is 2.63. The molecule has 0 saturated carbocycles. The summed E-state index contributed by atoms with van der Waals surface area (Å²) in [4.78, 5) is 10.2. The number of aryl methyl sites for hydroxylation is 2. The van der Waals surface area contributed by atoms with Gasteiger partial charge in [-0.2, -0.15) is 5.10 Å². The Bertz CT molecular complexity index is 689. The first-order chi connectivity index (χ1) is 9.81. The number of hydrogen-bond acceptors (Lipinski definition) is 4. The molecule has 0 radical (unpaired) electrons. The number of rotatable bonds is 4. The molecule has 0 aliphatic carbocycles. The smallest absolute Gasteiger partial charge is 0.272 e. The summed E-state index contributed by atoms with van der Waals surface area (Å²) < 4.78 is 1.80. The number of nitrogens with one attached hydrogen (secondary N) is 1. The molecule has 1 N–H and O–H groups in total. The first-order valence-corrected chi connectivity index (χ1v) is 6.93. The summed E-state index contributed by atoms with van der Waals surface area (Å²) in [5.41, 5.74) is 3.34. The van der Waals surface area contributed by atoms with Gasteiger partial charge in [-0.05, 0) is 13.8 Å². The molecule has 21 heavy (non-hydrogen) atoms. The second-order valence-corrected chi connectivity index (χ2v) is 5.48. The average molecular weight is 329 g/mol. The van der Waals surface area contributed by atoms with Crippen LogP contribution in [0, 0.1) is 24.0 Å². The van der Waals surface area contributed by atoms with E-state index >= 15 is 0 Å². The van der Waals surface area contributed by atoms with E-state index in [1.54, 1.807) is 4.68 Å². The van der Waals surface area contributed by atoms with Crippen LogP contribution in [0.5, 0.6) is 0 Å². The number of aromatic nitrogens is 2. The Hall–Kier alpha value is -1.79. The summed E-state index contributed by atoms with van der Waals surface area (Å²) in [7, 11) is 1.87. The van der Waals surface area contributed by atoms with Crippen molar-refractivity contribution in [2.24, 2.45) is 7.05 Å². The summed E-state index contributed by atoms with van der Waals surface area (Å²) in [6.07, 6.45) is 0. The SMILES string of the molecule is Cc1nn(C)c(C)c1CNc1c(Cl)cc([N+](=O)[O-])cc1Cl. The third-order valence-electron chi connectivity index (χ3n) is 3.34. The largest absolute Gasteiger partial charge is 0.378 e. The Balaban J connectivity index is 2.26. The lowest BCUT2D eigenvalue weighted by molar-refractivity contribution is -0.384. The van der Waals surface area contributed by atoms with Gasteiger partial charge >= 0.3 is 0 Å². The van der Waals surface area contributed by atoms with Gasteiger partial charge in [0.05, 0.1) is 26.3 Å². The van der Waals surface area contributed by atoms with E-state index < -0.39 is 4.92 Å². The van der Waals surface area contributed by atoms with Gasteiger partial charge in [-0.25, -0.2) is 0 Å². The van der Waals surface area contributed by atoms with Gasteiger partial charge in [0.15, 0.2) is 0 Å². The van der Waals surface area contributed by atoms with Crippen molar-refractivity contribution in [3.05, 3.63) is 49.2 Å². The lowest BCUT2D eigenvalue weighted by Gasteiger charge is -2.10. The minimum absolute atomic E-state index is 0.135. The van der Waals surface area contributed by atoms with Crippen LogP contribution in [0.4, 0.5) is 11.4 Å². The molecule has 0 aliphatic heterocycles. The molecule has 112 valence electrons. The molecule has 1 aromatic heterocycles. The van der Waals surface area contributed by atoms with Crippen molar-refractivity contribution in [2.75, 3.05) is 5.32 Å². The highest BCUT2D eigenvalue weighted by Crippen LogP contribution is 2.35. The number of nitro benzene ring substituents is 1. The predicted molar refractivity (Wildman–Crippen MR) is 83.1 cm³/mol. The maximum absolute atomic E-state index is 10.7. The van der Waals surface area contributed by atoms with Gasteiger partial charge in [-0.1, -0.05) is 23.2 Å². The fourth-order valence-corrected chi connectivity index (χ4v) is 2.69. The third kappa shape index (κ3) is 3.11. The van der Waals surface area contributed by atoms with Crippen LogP contribution in [0.2, 0.25) is 10.0 Å². The Morgan fingerprint density at radius 2 is 1.90 bits per heavy atom. The molecule has 0 atom stereocenters. The third-order valence-corrected chi connectivity index (χ3v) is 3.93. The molecule has 6 nitrogen and oxygen atoms in total. The normalized spacial score (nSPS) is 10.7. The number of halogens is 2. The van der Waals surface area contributed by atoms with Gasteiger partial charge in [0.2, 0.25) is 0 Å². The van der Waals surface area contributed by atoms with Crippen LogP contribution in [0.25, 0.3) is 0 Å². The van der Waals surface area contributed by atoms with E-state index in [0.29, 0.717) is 12.2 Å². The Kier molecular flexibility index (Phi) is 4.39. The topological polar surface area (TPSA) is 73.0 Å². The second kappa shape index (κ2) is 5.91. The maximum Gasteiger partial charge on any atom is 0.272 e. The number of nitro groups is 1. The minimum atomic E-state index is -0.531. The van der Waals surface area contributed by atoms with Crippen LogP contribution < -0.4 is 5.32 Å². The van der Waals surface area contributed by atoms with E-state index in [1.165, 1.54) is 12.1 Å². The van der Waals surface area contributed by atoms with E-state index in [0.717, 1.165) is 17.0 Å². The fraction of sp³-hybridized carbons (Fsp3) is 0.308. The summed E-state index contributed by atoms with van der Waals surface area (Å²) in [6.45, 7) is 4.38. The summed E-state index contributed by atoms with van der Waals surface area (Å²) in [5.74, 6) is 0. The van der Waals surface area contributed by atoms with E-state index in [2.05, 4.69) is 10.4 Å². The summed E-state index contributed by atoms with van der Waals surface area (Å²) >= 11 is 12.1. The first kappa shape index (κ1) is 15.6. The molecule has 8 heteroatoms. The number of hydrogen-bond donors (Lipinski definition) is 1. The zero-order valence-electron chi connectivity index (χ0n) is 11.8. The number of non-ortho nitro benzene ring substituents is 1. The van der Waals surface area contributed by atoms with Gasteiger partial charge in [0, 0.05) is 37.0 Å². The second-order valence-electron chi connectivity index (χ2n) is 4.67. The minimum Gasteiger partial charge on any atom is -0.378 e. The Morgan fingerprint density at radius 3 is 2.33 bits per heavy atom. The quantitative estimate of drug-likeness (QED) is 0.683. The van der Waals surface area contributed by atoms with Gasteiger partial charge in [0.1, 0.15) is 0 Å². The van der Waals surface area contributed by atoms with Crippen molar-refractivity contribution in [1.29, 1.82) is 0 Å². The van der Waals surface area contributed by atoms with Gasteiger partial charge in [0.25, 0.3) is 5.69 Å². The molecular weight excluding hydrogens is 315 g/mol. The predicted octanol–water partition coefficient (Wildman–Crippen LogP) is 3.86. The molecule has 1 aromatic carbocycles.